The molecule has 1 N–H and O–H groups in total. The third kappa shape index (κ3) is 3.12. The summed E-state index contributed by atoms with van der Waals surface area (Å²) in [6.07, 6.45) is 0. The Labute approximate surface area is 136 Å². The molecule has 122 valence electrons. The molecule has 0 fully saturated rings. The van der Waals surface area contributed by atoms with Crippen LogP contribution in [0.3, 0.4) is 0 Å². The van der Waals surface area contributed by atoms with E-state index in [0.29, 0.717) is 18.0 Å². The third-order valence-electron chi connectivity index (χ3n) is 3.97. The van der Waals surface area contributed by atoms with Crippen LogP contribution in [0.2, 0.25) is 0 Å². The van der Waals surface area contributed by atoms with E-state index in [1.807, 2.05) is 44.0 Å². The first-order valence-electron chi connectivity index (χ1n) is 7.45. The summed E-state index contributed by atoms with van der Waals surface area (Å²) in [5.74, 6) is 0.600. The highest BCUT2D eigenvalue weighted by Gasteiger charge is 2.21. The van der Waals surface area contributed by atoms with Gasteiger partial charge in [-0.2, -0.15) is 0 Å². The van der Waals surface area contributed by atoms with E-state index in [-0.39, 0.29) is 4.90 Å². The standard InChI is InChI=1S/C17H20N2O3S/c1-12-4-5-13(2)15(10-12)18-23(20,21)14-6-7-16-17(11-14)22-9-8-19(16)3/h4-7,10-11,18H,8-9H2,1-3H3. The van der Waals surface area contributed by atoms with E-state index in [0.717, 1.165) is 23.4 Å². The number of sulfonamides is 1. The predicted octanol–water partition coefficient (Wildman–Crippen LogP) is 2.93. The van der Waals surface area contributed by atoms with Crippen molar-refractivity contribution in [3.8, 4) is 5.75 Å². The first kappa shape index (κ1) is 15.7. The molecule has 0 bridgehead atoms. The summed E-state index contributed by atoms with van der Waals surface area (Å²) in [5, 5.41) is 0. The summed E-state index contributed by atoms with van der Waals surface area (Å²) in [7, 11) is -1.69. The molecule has 0 saturated carbocycles. The Hall–Kier alpha value is -2.21. The maximum Gasteiger partial charge on any atom is 0.262 e. The Bertz CT molecular complexity index is 847. The number of anilines is 2. The molecule has 23 heavy (non-hydrogen) atoms. The van der Waals surface area contributed by atoms with E-state index < -0.39 is 10.0 Å². The summed E-state index contributed by atoms with van der Waals surface area (Å²) in [5.41, 5.74) is 3.39. The topological polar surface area (TPSA) is 58.6 Å². The van der Waals surface area contributed by atoms with Crippen molar-refractivity contribution in [1.82, 2.24) is 0 Å². The lowest BCUT2D eigenvalue weighted by Gasteiger charge is -2.27. The maximum absolute atomic E-state index is 12.7. The zero-order valence-electron chi connectivity index (χ0n) is 13.5. The Morgan fingerprint density at radius 1 is 1.13 bits per heavy atom. The fourth-order valence-electron chi connectivity index (χ4n) is 2.56. The molecule has 0 radical (unpaired) electrons. The largest absolute Gasteiger partial charge is 0.490 e. The molecule has 3 rings (SSSR count). The number of hydrogen-bond acceptors (Lipinski definition) is 4. The van der Waals surface area contributed by atoms with Gasteiger partial charge in [0, 0.05) is 13.1 Å². The smallest absolute Gasteiger partial charge is 0.262 e. The fourth-order valence-corrected chi connectivity index (χ4v) is 3.69. The van der Waals surface area contributed by atoms with Gasteiger partial charge in [0.05, 0.1) is 22.8 Å². The maximum atomic E-state index is 12.7. The SMILES string of the molecule is Cc1ccc(C)c(NS(=O)(=O)c2ccc3c(c2)OCCN3C)c1. The van der Waals surface area contributed by atoms with E-state index in [2.05, 4.69) is 4.72 Å². The zero-order valence-corrected chi connectivity index (χ0v) is 14.3. The second-order valence-corrected chi connectivity index (χ2v) is 7.51. The average molecular weight is 332 g/mol. The van der Waals surface area contributed by atoms with Gasteiger partial charge in [0.25, 0.3) is 10.0 Å². The van der Waals surface area contributed by atoms with Crippen molar-refractivity contribution in [2.24, 2.45) is 0 Å². The number of aryl methyl sites for hydroxylation is 2. The number of benzene rings is 2. The number of likely N-dealkylation sites (N-methyl/N-ethyl adjacent to an activating group) is 1. The van der Waals surface area contributed by atoms with Crippen LogP contribution in [0.25, 0.3) is 0 Å². The summed E-state index contributed by atoms with van der Waals surface area (Å²) < 4.78 is 33.6. The first-order valence-corrected chi connectivity index (χ1v) is 8.93. The number of rotatable bonds is 3. The van der Waals surface area contributed by atoms with E-state index >= 15 is 0 Å². The number of nitrogens with zero attached hydrogens (tertiary/aromatic N) is 1. The lowest BCUT2D eigenvalue weighted by molar-refractivity contribution is 0.310. The third-order valence-corrected chi connectivity index (χ3v) is 5.34. The Balaban J connectivity index is 1.95. The minimum atomic E-state index is -3.65. The molecule has 0 aliphatic carbocycles. The van der Waals surface area contributed by atoms with Crippen LogP contribution in [0.15, 0.2) is 41.3 Å². The average Bonchev–Trinajstić information content (AvgIpc) is 2.50. The molecule has 6 heteroatoms. The van der Waals surface area contributed by atoms with Crippen molar-refractivity contribution in [3.05, 3.63) is 47.5 Å². The molecule has 2 aromatic carbocycles. The van der Waals surface area contributed by atoms with Crippen molar-refractivity contribution >= 4 is 21.4 Å². The molecular formula is C17H20N2O3S. The summed E-state index contributed by atoms with van der Waals surface area (Å²) in [4.78, 5) is 2.25. The highest BCUT2D eigenvalue weighted by molar-refractivity contribution is 7.92. The molecule has 0 saturated heterocycles. The lowest BCUT2D eigenvalue weighted by Crippen LogP contribution is -2.29. The molecule has 1 heterocycles. The van der Waals surface area contributed by atoms with Crippen molar-refractivity contribution in [2.75, 3.05) is 29.8 Å². The molecule has 2 aromatic rings. The minimum absolute atomic E-state index is 0.201. The molecule has 0 atom stereocenters. The van der Waals surface area contributed by atoms with Gasteiger partial charge in [-0.3, -0.25) is 4.72 Å². The molecule has 0 unspecified atom stereocenters. The van der Waals surface area contributed by atoms with E-state index in [9.17, 15) is 8.42 Å². The Morgan fingerprint density at radius 2 is 1.91 bits per heavy atom. The monoisotopic (exact) mass is 332 g/mol. The second-order valence-electron chi connectivity index (χ2n) is 5.82. The van der Waals surface area contributed by atoms with Gasteiger partial charge >= 0.3 is 0 Å². The molecular weight excluding hydrogens is 312 g/mol. The van der Waals surface area contributed by atoms with Crippen LogP contribution in [0.5, 0.6) is 5.75 Å². The number of ether oxygens (including phenoxy) is 1. The van der Waals surface area contributed by atoms with Crippen molar-refractivity contribution in [3.63, 3.8) is 0 Å². The number of nitrogens with one attached hydrogen (secondary N) is 1. The first-order chi connectivity index (χ1) is 10.9. The number of fused-ring (bicyclic) bond motifs is 1. The normalized spacial score (nSPS) is 14.1. The zero-order chi connectivity index (χ0) is 16.6. The molecule has 0 aromatic heterocycles. The van der Waals surface area contributed by atoms with Crippen molar-refractivity contribution in [2.45, 2.75) is 18.7 Å². The fraction of sp³-hybridized carbons (Fsp3) is 0.294. The Morgan fingerprint density at radius 3 is 2.70 bits per heavy atom. The van der Waals surface area contributed by atoms with Gasteiger partial charge in [0.1, 0.15) is 12.4 Å². The van der Waals surface area contributed by atoms with E-state index in [1.165, 1.54) is 0 Å². The molecule has 0 amide bonds. The van der Waals surface area contributed by atoms with E-state index in [4.69, 9.17) is 4.74 Å². The van der Waals surface area contributed by atoms with Gasteiger partial charge in [0.2, 0.25) is 0 Å². The van der Waals surface area contributed by atoms with Crippen LogP contribution in [0.4, 0.5) is 11.4 Å². The molecule has 5 nitrogen and oxygen atoms in total. The van der Waals surface area contributed by atoms with Gasteiger partial charge in [-0.25, -0.2) is 8.42 Å². The van der Waals surface area contributed by atoms with Gasteiger partial charge in [-0.1, -0.05) is 12.1 Å². The van der Waals surface area contributed by atoms with Crippen LogP contribution < -0.4 is 14.4 Å². The van der Waals surface area contributed by atoms with Crippen molar-refractivity contribution in [1.29, 1.82) is 0 Å². The van der Waals surface area contributed by atoms with Gasteiger partial charge in [-0.15, -0.1) is 0 Å². The van der Waals surface area contributed by atoms with Crippen molar-refractivity contribution < 1.29 is 13.2 Å². The van der Waals surface area contributed by atoms with Crippen LogP contribution in [0.1, 0.15) is 11.1 Å². The van der Waals surface area contributed by atoms with Crippen LogP contribution in [-0.4, -0.2) is 28.6 Å². The summed E-state index contributed by atoms with van der Waals surface area (Å²) >= 11 is 0. The lowest BCUT2D eigenvalue weighted by atomic mass is 10.1. The van der Waals surface area contributed by atoms with E-state index in [1.54, 1.807) is 18.2 Å². The predicted molar refractivity (Wildman–Crippen MR) is 91.9 cm³/mol. The van der Waals surface area contributed by atoms with Crippen LogP contribution in [0, 0.1) is 13.8 Å². The van der Waals surface area contributed by atoms with Crippen LogP contribution in [-0.2, 0) is 10.0 Å². The van der Waals surface area contributed by atoms with Gasteiger partial charge < -0.3 is 9.64 Å². The molecule has 1 aliphatic rings. The minimum Gasteiger partial charge on any atom is -0.490 e. The summed E-state index contributed by atoms with van der Waals surface area (Å²) in [6, 6.07) is 10.7. The quantitative estimate of drug-likeness (QED) is 0.939. The highest BCUT2D eigenvalue weighted by atomic mass is 32.2. The van der Waals surface area contributed by atoms with Gasteiger partial charge in [-0.05, 0) is 43.2 Å². The molecule has 0 spiro atoms. The number of hydrogen-bond donors (Lipinski definition) is 1. The Kier molecular flexibility index (Phi) is 3.93. The van der Waals surface area contributed by atoms with Crippen LogP contribution >= 0.6 is 0 Å². The summed E-state index contributed by atoms with van der Waals surface area (Å²) in [6.45, 7) is 5.15. The highest BCUT2D eigenvalue weighted by Crippen LogP contribution is 2.33. The second kappa shape index (κ2) is 5.77. The molecule has 1 aliphatic heterocycles. The van der Waals surface area contributed by atoms with Gasteiger partial charge in [0.15, 0.2) is 0 Å².